The number of nitrogens with one attached hydrogen (secondary N) is 1. The summed E-state index contributed by atoms with van der Waals surface area (Å²) >= 11 is 0. The van der Waals surface area contributed by atoms with Gasteiger partial charge < -0.3 is 14.7 Å². The Bertz CT molecular complexity index is 1080. The van der Waals surface area contributed by atoms with Crippen molar-refractivity contribution in [2.45, 2.75) is 0 Å². The summed E-state index contributed by atoms with van der Waals surface area (Å²) in [5.41, 5.74) is 2.34. The molecule has 2 aromatic carbocycles. The molecule has 0 amide bonds. The second-order valence-corrected chi connectivity index (χ2v) is 5.40. The van der Waals surface area contributed by atoms with Crippen LogP contribution in [0.3, 0.4) is 0 Å². The molecule has 0 spiro atoms. The number of halogens is 1. The fourth-order valence-corrected chi connectivity index (χ4v) is 3.05. The van der Waals surface area contributed by atoms with E-state index in [0.717, 1.165) is 5.52 Å². The average molecular weight is 309 g/mol. The van der Waals surface area contributed by atoms with E-state index in [9.17, 15) is 14.4 Å². The van der Waals surface area contributed by atoms with Crippen molar-refractivity contribution in [1.82, 2.24) is 9.55 Å². The Morgan fingerprint density at radius 2 is 1.96 bits per heavy atom. The molecule has 6 heteroatoms. The molecule has 0 aliphatic heterocycles. The van der Waals surface area contributed by atoms with Gasteiger partial charge in [-0.15, -0.1) is 4.91 Å². The lowest BCUT2D eigenvalue weighted by molar-refractivity contribution is 0.437. The van der Waals surface area contributed by atoms with E-state index in [1.807, 2.05) is 12.1 Å². The summed E-state index contributed by atoms with van der Waals surface area (Å²) in [7, 11) is 1.68. The Hall–Kier alpha value is -3.15. The molecule has 0 atom stereocenters. The van der Waals surface area contributed by atoms with Gasteiger partial charge in [-0.1, -0.05) is 18.2 Å². The highest BCUT2D eigenvalue weighted by atomic mass is 19.1. The number of fused-ring (bicyclic) bond motifs is 2. The summed E-state index contributed by atoms with van der Waals surface area (Å²) in [4.78, 5) is 14.5. The minimum atomic E-state index is -0.416. The Morgan fingerprint density at radius 1 is 1.17 bits per heavy atom. The lowest BCUT2D eigenvalue weighted by Gasteiger charge is -1.99. The van der Waals surface area contributed by atoms with Crippen LogP contribution in [0.1, 0.15) is 0 Å². The molecule has 0 fully saturated rings. The quantitative estimate of drug-likeness (QED) is 0.532. The van der Waals surface area contributed by atoms with Crippen LogP contribution in [0.2, 0.25) is 0 Å². The van der Waals surface area contributed by atoms with Crippen LogP contribution in [-0.2, 0) is 7.05 Å². The van der Waals surface area contributed by atoms with Crippen LogP contribution in [0.25, 0.3) is 33.1 Å². The maximum Gasteiger partial charge on any atom is 0.201 e. The van der Waals surface area contributed by atoms with E-state index >= 15 is 0 Å². The van der Waals surface area contributed by atoms with Crippen molar-refractivity contribution >= 4 is 27.5 Å². The molecule has 2 heterocycles. The fourth-order valence-electron chi connectivity index (χ4n) is 3.05. The molecule has 2 aromatic heterocycles. The van der Waals surface area contributed by atoms with Gasteiger partial charge in [0.2, 0.25) is 5.88 Å². The second kappa shape index (κ2) is 4.67. The third kappa shape index (κ3) is 1.78. The molecular weight excluding hydrogens is 297 g/mol. The van der Waals surface area contributed by atoms with Crippen LogP contribution in [0, 0.1) is 10.7 Å². The third-order valence-electron chi connectivity index (χ3n) is 4.15. The molecular formula is C17H12FN3O2. The van der Waals surface area contributed by atoms with Gasteiger partial charge in [0.1, 0.15) is 11.5 Å². The Balaban J connectivity index is 2.17. The first-order valence-corrected chi connectivity index (χ1v) is 7.03. The van der Waals surface area contributed by atoms with Crippen LogP contribution in [0.15, 0.2) is 47.6 Å². The number of benzene rings is 2. The van der Waals surface area contributed by atoms with E-state index in [0.29, 0.717) is 27.5 Å². The zero-order chi connectivity index (χ0) is 16.1. The first-order chi connectivity index (χ1) is 11.1. The van der Waals surface area contributed by atoms with Crippen molar-refractivity contribution in [2.75, 3.05) is 0 Å². The highest BCUT2D eigenvalue weighted by Crippen LogP contribution is 2.45. The zero-order valence-electron chi connectivity index (χ0n) is 12.2. The molecule has 0 saturated carbocycles. The zero-order valence-corrected chi connectivity index (χ0v) is 12.2. The summed E-state index contributed by atoms with van der Waals surface area (Å²) in [6.07, 6.45) is 0. The first-order valence-electron chi connectivity index (χ1n) is 7.03. The Kier molecular flexibility index (Phi) is 2.74. The van der Waals surface area contributed by atoms with Gasteiger partial charge in [-0.3, -0.25) is 0 Å². The maximum atomic E-state index is 13.7. The van der Waals surface area contributed by atoms with Crippen molar-refractivity contribution in [3.63, 3.8) is 0 Å². The molecule has 0 saturated heterocycles. The number of hydrogen-bond donors (Lipinski definition) is 2. The standard InChI is InChI=1S/C17H12FN3O2/c1-21-13-7-6-9(18)8-11(13)14(17(21)22)16-15(20-23)10-4-2-3-5-12(10)19-16/h2-8,19,22H,1H3. The highest BCUT2D eigenvalue weighted by Gasteiger charge is 2.23. The lowest BCUT2D eigenvalue weighted by atomic mass is 10.1. The number of nitroso groups, excluding NO2 is 1. The Labute approximate surface area is 129 Å². The van der Waals surface area contributed by atoms with Gasteiger partial charge in [-0.05, 0) is 29.4 Å². The van der Waals surface area contributed by atoms with Gasteiger partial charge in [0, 0.05) is 23.3 Å². The predicted molar refractivity (Wildman–Crippen MR) is 87.3 cm³/mol. The molecule has 23 heavy (non-hydrogen) atoms. The number of aromatic hydroxyl groups is 1. The van der Waals surface area contributed by atoms with Crippen molar-refractivity contribution in [1.29, 1.82) is 0 Å². The van der Waals surface area contributed by atoms with Crippen molar-refractivity contribution in [3.05, 3.63) is 53.2 Å². The topological polar surface area (TPSA) is 70.4 Å². The predicted octanol–water partition coefficient (Wildman–Crippen LogP) is 4.57. The molecule has 114 valence electrons. The largest absolute Gasteiger partial charge is 0.494 e. The van der Waals surface area contributed by atoms with Crippen molar-refractivity contribution < 1.29 is 9.50 Å². The van der Waals surface area contributed by atoms with Gasteiger partial charge in [-0.2, -0.15) is 0 Å². The van der Waals surface area contributed by atoms with Gasteiger partial charge in [0.25, 0.3) is 0 Å². The van der Waals surface area contributed by atoms with E-state index in [4.69, 9.17) is 0 Å². The third-order valence-corrected chi connectivity index (χ3v) is 4.15. The number of para-hydroxylation sites is 1. The number of aryl methyl sites for hydroxylation is 1. The van der Waals surface area contributed by atoms with Gasteiger partial charge in [0.05, 0.1) is 16.8 Å². The van der Waals surface area contributed by atoms with Crippen LogP contribution < -0.4 is 0 Å². The molecule has 4 rings (SSSR count). The van der Waals surface area contributed by atoms with Gasteiger partial charge in [-0.25, -0.2) is 4.39 Å². The van der Waals surface area contributed by atoms with E-state index in [-0.39, 0.29) is 11.6 Å². The van der Waals surface area contributed by atoms with E-state index in [1.165, 1.54) is 12.1 Å². The number of aromatic nitrogens is 2. The van der Waals surface area contributed by atoms with Gasteiger partial charge >= 0.3 is 0 Å². The van der Waals surface area contributed by atoms with E-state index in [1.54, 1.807) is 29.8 Å². The minimum absolute atomic E-state index is 0.0537. The van der Waals surface area contributed by atoms with E-state index in [2.05, 4.69) is 10.2 Å². The Morgan fingerprint density at radius 3 is 2.74 bits per heavy atom. The number of aromatic amines is 1. The number of rotatable bonds is 2. The molecule has 5 nitrogen and oxygen atoms in total. The molecule has 4 aromatic rings. The smallest absolute Gasteiger partial charge is 0.201 e. The van der Waals surface area contributed by atoms with Crippen LogP contribution in [-0.4, -0.2) is 14.7 Å². The van der Waals surface area contributed by atoms with E-state index < -0.39 is 5.82 Å². The molecule has 0 aliphatic rings. The molecule has 0 aliphatic carbocycles. The molecule has 0 radical (unpaired) electrons. The lowest BCUT2D eigenvalue weighted by Crippen LogP contribution is -1.85. The number of hydrogen-bond acceptors (Lipinski definition) is 3. The van der Waals surface area contributed by atoms with Crippen molar-refractivity contribution in [3.8, 4) is 17.1 Å². The number of H-pyrrole nitrogens is 1. The maximum absolute atomic E-state index is 13.7. The van der Waals surface area contributed by atoms with Crippen LogP contribution >= 0.6 is 0 Å². The average Bonchev–Trinajstić information content (AvgIpc) is 3.03. The van der Waals surface area contributed by atoms with Gasteiger partial charge in [0.15, 0.2) is 0 Å². The second-order valence-electron chi connectivity index (χ2n) is 5.40. The summed E-state index contributed by atoms with van der Waals surface area (Å²) in [5.74, 6) is -0.469. The molecule has 2 N–H and O–H groups in total. The summed E-state index contributed by atoms with van der Waals surface area (Å²) in [5, 5.41) is 14.8. The normalized spacial score (nSPS) is 11.4. The first kappa shape index (κ1) is 13.5. The fraction of sp³-hybridized carbons (Fsp3) is 0.0588. The summed E-state index contributed by atoms with van der Waals surface area (Å²) < 4.78 is 15.2. The highest BCUT2D eigenvalue weighted by molar-refractivity contribution is 6.07. The summed E-state index contributed by atoms with van der Waals surface area (Å²) in [6.45, 7) is 0. The van der Waals surface area contributed by atoms with Crippen LogP contribution in [0.5, 0.6) is 5.88 Å². The van der Waals surface area contributed by atoms with Crippen molar-refractivity contribution in [2.24, 2.45) is 12.2 Å². The monoisotopic (exact) mass is 309 g/mol. The number of nitrogens with zero attached hydrogens (tertiary/aromatic N) is 2. The SMILES string of the molecule is Cn1c(O)c(-c2[nH]c3ccccc3c2N=O)c2cc(F)ccc21. The summed E-state index contributed by atoms with van der Waals surface area (Å²) in [6, 6.07) is 11.5. The van der Waals surface area contributed by atoms with Crippen LogP contribution in [0.4, 0.5) is 10.1 Å². The molecule has 0 bridgehead atoms. The molecule has 0 unspecified atom stereocenters. The minimum Gasteiger partial charge on any atom is -0.494 e.